The van der Waals surface area contributed by atoms with Gasteiger partial charge in [0, 0.05) is 23.5 Å². The van der Waals surface area contributed by atoms with Crippen molar-refractivity contribution in [3.63, 3.8) is 0 Å². The molecule has 0 aliphatic carbocycles. The summed E-state index contributed by atoms with van der Waals surface area (Å²) in [5.74, 6) is -0.225. The van der Waals surface area contributed by atoms with Crippen LogP contribution in [0, 0.1) is 0 Å². The third-order valence-corrected chi connectivity index (χ3v) is 2.48. The maximum Gasteiger partial charge on any atom is 0.221 e. The molecule has 0 fully saturated rings. The molecule has 0 bridgehead atoms. The van der Waals surface area contributed by atoms with Crippen molar-refractivity contribution in [3.05, 3.63) is 22.2 Å². The highest BCUT2D eigenvalue weighted by molar-refractivity contribution is 9.10. The van der Waals surface area contributed by atoms with Crippen molar-refractivity contribution >= 4 is 27.5 Å². The van der Waals surface area contributed by atoms with Crippen LogP contribution in [0.15, 0.2) is 16.6 Å². The van der Waals surface area contributed by atoms with E-state index < -0.39 is 0 Å². The molecule has 0 aliphatic rings. The third kappa shape index (κ3) is 2.24. The van der Waals surface area contributed by atoms with Crippen molar-refractivity contribution in [1.29, 1.82) is 0 Å². The molecule has 1 aromatic carbocycles. The Hall–Kier alpha value is -1.07. The number of nitrogens with two attached hydrogens (primary N) is 1. The van der Waals surface area contributed by atoms with Crippen LogP contribution < -0.4 is 11.1 Å². The number of carbonyl (C=O) groups excluding carboxylic acids is 1. The van der Waals surface area contributed by atoms with E-state index in [0.717, 1.165) is 4.47 Å². The lowest BCUT2D eigenvalue weighted by molar-refractivity contribution is -0.114. The first kappa shape index (κ1) is 11.0. The van der Waals surface area contributed by atoms with Crippen LogP contribution in [0.1, 0.15) is 12.5 Å². The number of amides is 1. The highest BCUT2D eigenvalue weighted by Gasteiger charge is 2.11. The molecule has 0 radical (unpaired) electrons. The first-order valence-electron chi connectivity index (χ1n) is 4.04. The van der Waals surface area contributed by atoms with Gasteiger partial charge in [0.15, 0.2) is 0 Å². The minimum atomic E-state index is -0.242. The van der Waals surface area contributed by atoms with Gasteiger partial charge in [-0.15, -0.1) is 0 Å². The van der Waals surface area contributed by atoms with E-state index in [1.807, 2.05) is 0 Å². The fraction of sp³-hybridized carbons (Fsp3) is 0.222. The Morgan fingerprint density at radius 3 is 2.79 bits per heavy atom. The molecule has 0 aromatic heterocycles. The summed E-state index contributed by atoms with van der Waals surface area (Å²) in [6, 6.07) is 3.18. The zero-order valence-electron chi connectivity index (χ0n) is 7.67. The van der Waals surface area contributed by atoms with E-state index in [1.54, 1.807) is 6.07 Å². The van der Waals surface area contributed by atoms with Crippen molar-refractivity contribution in [1.82, 2.24) is 0 Å². The van der Waals surface area contributed by atoms with Crippen LogP contribution >= 0.6 is 15.9 Å². The lowest BCUT2D eigenvalue weighted by atomic mass is 10.1. The zero-order chi connectivity index (χ0) is 10.7. The molecule has 0 atom stereocenters. The van der Waals surface area contributed by atoms with Gasteiger partial charge < -0.3 is 16.2 Å². The molecule has 14 heavy (non-hydrogen) atoms. The zero-order valence-corrected chi connectivity index (χ0v) is 9.26. The van der Waals surface area contributed by atoms with Gasteiger partial charge in [-0.3, -0.25) is 4.79 Å². The molecule has 0 saturated heterocycles. The third-order valence-electron chi connectivity index (χ3n) is 1.74. The summed E-state index contributed by atoms with van der Waals surface area (Å²) in [6.07, 6.45) is 0. The molecule has 0 aliphatic heterocycles. The van der Waals surface area contributed by atoms with Crippen LogP contribution in [-0.2, 0) is 11.3 Å². The van der Waals surface area contributed by atoms with E-state index in [9.17, 15) is 9.90 Å². The number of hydrogen-bond acceptors (Lipinski definition) is 3. The molecule has 4 N–H and O–H groups in total. The van der Waals surface area contributed by atoms with Crippen molar-refractivity contribution in [2.24, 2.45) is 5.73 Å². The Morgan fingerprint density at radius 1 is 1.64 bits per heavy atom. The second-order valence-electron chi connectivity index (χ2n) is 2.81. The van der Waals surface area contributed by atoms with Gasteiger partial charge in [-0.1, -0.05) is 15.9 Å². The van der Waals surface area contributed by atoms with Crippen LogP contribution in [0.2, 0.25) is 0 Å². The van der Waals surface area contributed by atoms with Crippen molar-refractivity contribution < 1.29 is 9.90 Å². The number of nitrogens with one attached hydrogen (secondary N) is 1. The molecular weight excluding hydrogens is 248 g/mol. The fourth-order valence-electron chi connectivity index (χ4n) is 1.13. The van der Waals surface area contributed by atoms with E-state index in [0.29, 0.717) is 11.3 Å². The number of benzene rings is 1. The van der Waals surface area contributed by atoms with Gasteiger partial charge in [0.2, 0.25) is 5.91 Å². The maximum atomic E-state index is 10.9. The van der Waals surface area contributed by atoms with Crippen LogP contribution in [0.5, 0.6) is 5.75 Å². The number of halogens is 1. The first-order chi connectivity index (χ1) is 6.56. The van der Waals surface area contributed by atoms with Gasteiger partial charge in [0.1, 0.15) is 5.75 Å². The number of carbonyl (C=O) groups is 1. The number of anilines is 1. The Kier molecular flexibility index (Phi) is 3.49. The Morgan fingerprint density at radius 2 is 2.29 bits per heavy atom. The molecule has 1 aromatic rings. The molecule has 5 heteroatoms. The summed E-state index contributed by atoms with van der Waals surface area (Å²) < 4.78 is 0.765. The molecule has 4 nitrogen and oxygen atoms in total. The minimum Gasteiger partial charge on any atom is -0.506 e. The van der Waals surface area contributed by atoms with Crippen molar-refractivity contribution in [2.75, 3.05) is 5.32 Å². The molecule has 0 spiro atoms. The maximum absolute atomic E-state index is 10.9. The Balaban J connectivity index is 3.22. The molecule has 0 saturated carbocycles. The van der Waals surface area contributed by atoms with Crippen LogP contribution in [-0.4, -0.2) is 11.0 Å². The Bertz CT molecular complexity index is 366. The number of hydrogen-bond donors (Lipinski definition) is 3. The van der Waals surface area contributed by atoms with Gasteiger partial charge >= 0.3 is 0 Å². The second-order valence-corrected chi connectivity index (χ2v) is 3.66. The minimum absolute atomic E-state index is 0.0175. The largest absolute Gasteiger partial charge is 0.506 e. The molecule has 1 rings (SSSR count). The average Bonchev–Trinajstić information content (AvgIpc) is 2.11. The van der Waals surface area contributed by atoms with Crippen LogP contribution in [0.25, 0.3) is 0 Å². The number of rotatable bonds is 2. The normalized spacial score (nSPS) is 9.93. The van der Waals surface area contributed by atoms with Gasteiger partial charge in [0.05, 0.1) is 5.69 Å². The van der Waals surface area contributed by atoms with E-state index in [4.69, 9.17) is 5.73 Å². The second kappa shape index (κ2) is 4.43. The van der Waals surface area contributed by atoms with Crippen LogP contribution in [0.3, 0.4) is 0 Å². The van der Waals surface area contributed by atoms with Gasteiger partial charge in [-0.25, -0.2) is 0 Å². The molecule has 0 unspecified atom stereocenters. The summed E-state index contributed by atoms with van der Waals surface area (Å²) in [5, 5.41) is 12.0. The lowest BCUT2D eigenvalue weighted by Crippen LogP contribution is -2.10. The monoisotopic (exact) mass is 258 g/mol. The molecular formula is C9H11BrN2O2. The lowest BCUT2D eigenvalue weighted by Gasteiger charge is -2.11. The average molecular weight is 259 g/mol. The SMILES string of the molecule is CC(=O)Nc1c(O)ccc(Br)c1CN. The summed E-state index contributed by atoms with van der Waals surface area (Å²) >= 11 is 3.29. The van der Waals surface area contributed by atoms with Gasteiger partial charge in [-0.05, 0) is 12.1 Å². The van der Waals surface area contributed by atoms with Crippen molar-refractivity contribution in [3.8, 4) is 5.75 Å². The number of phenolic OH excluding ortho intramolecular Hbond substituents is 1. The summed E-state index contributed by atoms with van der Waals surface area (Å²) in [6.45, 7) is 1.62. The predicted molar refractivity (Wildman–Crippen MR) is 58.0 cm³/mol. The van der Waals surface area contributed by atoms with E-state index >= 15 is 0 Å². The highest BCUT2D eigenvalue weighted by Crippen LogP contribution is 2.32. The van der Waals surface area contributed by atoms with E-state index in [1.165, 1.54) is 13.0 Å². The molecule has 0 heterocycles. The van der Waals surface area contributed by atoms with Gasteiger partial charge in [-0.2, -0.15) is 0 Å². The summed E-state index contributed by atoms with van der Waals surface area (Å²) in [4.78, 5) is 10.9. The van der Waals surface area contributed by atoms with E-state index in [-0.39, 0.29) is 18.2 Å². The first-order valence-corrected chi connectivity index (χ1v) is 4.83. The van der Waals surface area contributed by atoms with Crippen LogP contribution in [0.4, 0.5) is 5.69 Å². The Labute approximate surface area is 90.2 Å². The fourth-order valence-corrected chi connectivity index (χ4v) is 1.62. The van der Waals surface area contributed by atoms with Crippen molar-refractivity contribution in [2.45, 2.75) is 13.5 Å². The summed E-state index contributed by atoms with van der Waals surface area (Å²) in [7, 11) is 0. The highest BCUT2D eigenvalue weighted by atomic mass is 79.9. The van der Waals surface area contributed by atoms with E-state index in [2.05, 4.69) is 21.2 Å². The number of aromatic hydroxyl groups is 1. The number of phenols is 1. The quantitative estimate of drug-likeness (QED) is 0.705. The van der Waals surface area contributed by atoms with Gasteiger partial charge in [0.25, 0.3) is 0 Å². The summed E-state index contributed by atoms with van der Waals surface area (Å²) in [5.41, 5.74) is 6.55. The molecule has 1 amide bonds. The smallest absolute Gasteiger partial charge is 0.221 e. The molecule has 76 valence electrons. The topological polar surface area (TPSA) is 75.3 Å². The standard InChI is InChI=1S/C9H11BrN2O2/c1-5(13)12-9-6(4-11)7(10)2-3-8(9)14/h2-3,14H,4,11H2,1H3,(H,12,13). The predicted octanol–water partition coefficient (Wildman–Crippen LogP) is 1.57.